The minimum atomic E-state index is 0. The van der Waals surface area contributed by atoms with Crippen LogP contribution in [0.4, 0.5) is 0 Å². The summed E-state index contributed by atoms with van der Waals surface area (Å²) in [6.07, 6.45) is 6.37. The number of amides is 1. The maximum absolute atomic E-state index is 12.7. The first-order chi connectivity index (χ1) is 11.7. The van der Waals surface area contributed by atoms with E-state index < -0.39 is 0 Å². The van der Waals surface area contributed by atoms with Gasteiger partial charge in [-0.3, -0.25) is 9.69 Å². The highest BCUT2D eigenvalue weighted by Gasteiger charge is 2.28. The number of benzene rings is 1. The fraction of sp³-hybridized carbons (Fsp3) is 0.650. The van der Waals surface area contributed by atoms with Gasteiger partial charge in [0.2, 0.25) is 5.91 Å². The van der Waals surface area contributed by atoms with Gasteiger partial charge >= 0.3 is 0 Å². The normalized spacial score (nSPS) is 23.5. The monoisotopic (exact) mass is 365 g/mol. The average Bonchev–Trinajstić information content (AvgIpc) is 2.63. The summed E-state index contributed by atoms with van der Waals surface area (Å²) in [4.78, 5) is 15.0. The van der Waals surface area contributed by atoms with Gasteiger partial charge in [0, 0.05) is 25.7 Å². The fourth-order valence-corrected chi connectivity index (χ4v) is 4.12. The summed E-state index contributed by atoms with van der Waals surface area (Å²) in [5.41, 5.74) is 1.26. The van der Waals surface area contributed by atoms with Crippen LogP contribution in [0.1, 0.15) is 50.6 Å². The quantitative estimate of drug-likeness (QED) is 0.842. The van der Waals surface area contributed by atoms with E-state index in [4.69, 9.17) is 0 Å². The number of carbonyl (C=O) groups excluding carboxylic acids is 1. The lowest BCUT2D eigenvalue weighted by Gasteiger charge is -2.35. The second-order valence-corrected chi connectivity index (χ2v) is 7.38. The van der Waals surface area contributed by atoms with E-state index in [1.165, 1.54) is 37.7 Å². The molecule has 1 aliphatic carbocycles. The van der Waals surface area contributed by atoms with Crippen LogP contribution in [0.2, 0.25) is 0 Å². The standard InChI is InChI=1S/C20H31N3O.ClH/c1-16-14-21-12-13-23(16)15-19(24)22-20(17-8-4-2-5-9-17)18-10-6-3-7-11-18;/h2,4-5,8-9,16,18,20-21H,3,6-7,10-15H2,1H3,(H,22,24);1H/t16-,20?;/m1./s1. The van der Waals surface area contributed by atoms with Crippen LogP contribution >= 0.6 is 12.4 Å². The van der Waals surface area contributed by atoms with Gasteiger partial charge in [-0.15, -0.1) is 12.4 Å². The van der Waals surface area contributed by atoms with Crippen molar-refractivity contribution in [1.82, 2.24) is 15.5 Å². The molecule has 0 spiro atoms. The average molecular weight is 366 g/mol. The highest BCUT2D eigenvalue weighted by atomic mass is 35.5. The largest absolute Gasteiger partial charge is 0.348 e. The Morgan fingerprint density at radius 3 is 2.64 bits per heavy atom. The Hall–Kier alpha value is -1.10. The third-order valence-electron chi connectivity index (χ3n) is 5.58. The molecule has 5 heteroatoms. The molecule has 0 bridgehead atoms. The lowest BCUT2D eigenvalue weighted by Crippen LogP contribution is -2.53. The van der Waals surface area contributed by atoms with Crippen molar-refractivity contribution in [3.63, 3.8) is 0 Å². The Morgan fingerprint density at radius 2 is 1.96 bits per heavy atom. The molecule has 25 heavy (non-hydrogen) atoms. The summed E-state index contributed by atoms with van der Waals surface area (Å²) in [6.45, 7) is 5.60. The summed E-state index contributed by atoms with van der Waals surface area (Å²) >= 11 is 0. The van der Waals surface area contributed by atoms with Crippen molar-refractivity contribution in [3.8, 4) is 0 Å². The zero-order valence-electron chi connectivity index (χ0n) is 15.2. The molecule has 1 unspecified atom stereocenters. The predicted molar refractivity (Wildman–Crippen MR) is 105 cm³/mol. The van der Waals surface area contributed by atoms with Crippen molar-refractivity contribution in [2.45, 2.75) is 51.1 Å². The minimum Gasteiger partial charge on any atom is -0.348 e. The first-order valence-corrected chi connectivity index (χ1v) is 9.53. The van der Waals surface area contributed by atoms with Crippen molar-refractivity contribution in [3.05, 3.63) is 35.9 Å². The first kappa shape index (κ1) is 20.2. The van der Waals surface area contributed by atoms with Gasteiger partial charge in [-0.05, 0) is 31.2 Å². The highest BCUT2D eigenvalue weighted by molar-refractivity contribution is 5.85. The van der Waals surface area contributed by atoms with Crippen molar-refractivity contribution in [2.75, 3.05) is 26.2 Å². The molecule has 0 radical (unpaired) electrons. The highest BCUT2D eigenvalue weighted by Crippen LogP contribution is 2.34. The zero-order valence-corrected chi connectivity index (χ0v) is 16.1. The van der Waals surface area contributed by atoms with Crippen LogP contribution in [-0.2, 0) is 4.79 Å². The van der Waals surface area contributed by atoms with Crippen molar-refractivity contribution in [1.29, 1.82) is 0 Å². The van der Waals surface area contributed by atoms with Gasteiger partial charge in [-0.25, -0.2) is 0 Å². The van der Waals surface area contributed by atoms with Gasteiger partial charge in [0.25, 0.3) is 0 Å². The van der Waals surface area contributed by atoms with Crippen molar-refractivity contribution in [2.24, 2.45) is 5.92 Å². The summed E-state index contributed by atoms with van der Waals surface area (Å²) < 4.78 is 0. The third-order valence-corrected chi connectivity index (χ3v) is 5.58. The van der Waals surface area contributed by atoms with Crippen LogP contribution in [0.25, 0.3) is 0 Å². The molecule has 1 aromatic rings. The molecule has 3 rings (SSSR count). The third kappa shape index (κ3) is 5.70. The first-order valence-electron chi connectivity index (χ1n) is 9.53. The van der Waals surface area contributed by atoms with E-state index in [9.17, 15) is 4.79 Å². The lowest BCUT2D eigenvalue weighted by molar-refractivity contribution is -0.124. The molecule has 1 heterocycles. The van der Waals surface area contributed by atoms with E-state index in [2.05, 4.69) is 46.7 Å². The number of halogens is 1. The van der Waals surface area contributed by atoms with Crippen LogP contribution < -0.4 is 10.6 Å². The number of rotatable bonds is 5. The van der Waals surface area contributed by atoms with E-state index in [0.29, 0.717) is 18.5 Å². The fourth-order valence-electron chi connectivity index (χ4n) is 4.12. The van der Waals surface area contributed by atoms with E-state index in [1.807, 2.05) is 6.07 Å². The SMILES string of the molecule is C[C@@H]1CNCCN1CC(=O)NC(c1ccccc1)C1CCCCC1.Cl. The summed E-state index contributed by atoms with van der Waals surface area (Å²) in [7, 11) is 0. The smallest absolute Gasteiger partial charge is 0.234 e. The van der Waals surface area contributed by atoms with Gasteiger partial charge < -0.3 is 10.6 Å². The number of carbonyl (C=O) groups is 1. The van der Waals surface area contributed by atoms with Crippen LogP contribution in [0.3, 0.4) is 0 Å². The maximum atomic E-state index is 12.7. The van der Waals surface area contributed by atoms with Gasteiger partial charge in [0.05, 0.1) is 12.6 Å². The van der Waals surface area contributed by atoms with Gasteiger partial charge in [-0.1, -0.05) is 49.6 Å². The minimum absolute atomic E-state index is 0. The molecule has 0 aromatic heterocycles. The summed E-state index contributed by atoms with van der Waals surface area (Å²) in [6, 6.07) is 11.1. The van der Waals surface area contributed by atoms with E-state index in [-0.39, 0.29) is 24.4 Å². The number of nitrogens with one attached hydrogen (secondary N) is 2. The van der Waals surface area contributed by atoms with E-state index >= 15 is 0 Å². The number of hydrogen-bond acceptors (Lipinski definition) is 3. The molecule has 1 amide bonds. The maximum Gasteiger partial charge on any atom is 0.234 e. The molecule has 1 saturated carbocycles. The lowest BCUT2D eigenvalue weighted by atomic mass is 9.81. The zero-order chi connectivity index (χ0) is 16.8. The van der Waals surface area contributed by atoms with Crippen molar-refractivity contribution >= 4 is 18.3 Å². The van der Waals surface area contributed by atoms with Crippen LogP contribution in [0.15, 0.2) is 30.3 Å². The second-order valence-electron chi connectivity index (χ2n) is 7.38. The number of piperazine rings is 1. The Labute approximate surface area is 158 Å². The van der Waals surface area contributed by atoms with Crippen molar-refractivity contribution < 1.29 is 4.79 Å². The van der Waals surface area contributed by atoms with Crippen LogP contribution in [0, 0.1) is 5.92 Å². The summed E-state index contributed by atoms with van der Waals surface area (Å²) in [5.74, 6) is 0.744. The van der Waals surface area contributed by atoms with Gasteiger partial charge in [0.1, 0.15) is 0 Å². The topological polar surface area (TPSA) is 44.4 Å². The molecule has 2 fully saturated rings. The molecule has 1 saturated heterocycles. The van der Waals surface area contributed by atoms with Crippen LogP contribution in [-0.4, -0.2) is 43.0 Å². The van der Waals surface area contributed by atoms with E-state index in [0.717, 1.165) is 19.6 Å². The van der Waals surface area contributed by atoms with Gasteiger partial charge in [-0.2, -0.15) is 0 Å². The molecule has 1 aromatic carbocycles. The molecule has 1 aliphatic heterocycles. The molecular weight excluding hydrogens is 334 g/mol. The van der Waals surface area contributed by atoms with Gasteiger partial charge in [0.15, 0.2) is 0 Å². The molecule has 2 aliphatic rings. The predicted octanol–water partition coefficient (Wildman–Crippen LogP) is 3.14. The molecule has 2 N–H and O–H groups in total. The Bertz CT molecular complexity index is 519. The molecule has 2 atom stereocenters. The Balaban J connectivity index is 0.00000225. The summed E-state index contributed by atoms with van der Waals surface area (Å²) in [5, 5.41) is 6.75. The number of hydrogen-bond donors (Lipinski definition) is 2. The molecular formula is C20H32ClN3O. The Kier molecular flexibility index (Phi) is 8.20. The molecule has 4 nitrogen and oxygen atoms in total. The number of nitrogens with zero attached hydrogens (tertiary/aromatic N) is 1. The Morgan fingerprint density at radius 1 is 1.24 bits per heavy atom. The molecule has 140 valence electrons. The van der Waals surface area contributed by atoms with Crippen LogP contribution in [0.5, 0.6) is 0 Å². The second kappa shape index (κ2) is 10.1. The van der Waals surface area contributed by atoms with E-state index in [1.54, 1.807) is 0 Å².